The molecule has 0 aliphatic carbocycles. The van der Waals surface area contributed by atoms with Gasteiger partial charge in [-0.25, -0.2) is 0 Å². The van der Waals surface area contributed by atoms with Crippen molar-refractivity contribution >= 4 is 11.6 Å². The lowest BCUT2D eigenvalue weighted by Crippen LogP contribution is -2.34. The lowest BCUT2D eigenvalue weighted by molar-refractivity contribution is 0.0744. The van der Waals surface area contributed by atoms with Gasteiger partial charge in [0.15, 0.2) is 0 Å². The molecule has 2 atom stereocenters. The van der Waals surface area contributed by atoms with Crippen LogP contribution in [-0.2, 0) is 0 Å². The van der Waals surface area contributed by atoms with Gasteiger partial charge >= 0.3 is 0 Å². The van der Waals surface area contributed by atoms with Gasteiger partial charge in [0, 0.05) is 23.8 Å². The Bertz CT molecular complexity index is 442. The van der Waals surface area contributed by atoms with Crippen LogP contribution in [0.1, 0.15) is 36.2 Å². The first-order valence-electron chi connectivity index (χ1n) is 6.16. The number of nitrogen functional groups attached to an aromatic ring is 1. The Morgan fingerprint density at radius 1 is 1.41 bits per heavy atom. The zero-order chi connectivity index (χ0) is 12.6. The van der Waals surface area contributed by atoms with Crippen molar-refractivity contribution in [1.82, 2.24) is 4.90 Å². The highest BCUT2D eigenvalue weighted by Gasteiger charge is 2.30. The highest BCUT2D eigenvalue weighted by molar-refractivity contribution is 5.95. The van der Waals surface area contributed by atoms with Gasteiger partial charge in [0.1, 0.15) is 0 Å². The van der Waals surface area contributed by atoms with E-state index in [1.54, 1.807) is 6.07 Å². The third kappa shape index (κ3) is 2.28. The first-order valence-corrected chi connectivity index (χ1v) is 6.16. The highest BCUT2D eigenvalue weighted by atomic mass is 16.2. The minimum Gasteiger partial charge on any atom is -0.398 e. The van der Waals surface area contributed by atoms with E-state index in [0.717, 1.165) is 18.5 Å². The molecular formula is C14H20N2O. The monoisotopic (exact) mass is 232 g/mol. The summed E-state index contributed by atoms with van der Waals surface area (Å²) >= 11 is 0. The number of amides is 1. The summed E-state index contributed by atoms with van der Waals surface area (Å²) in [7, 11) is 0. The molecule has 0 spiro atoms. The van der Waals surface area contributed by atoms with Gasteiger partial charge in [-0.15, -0.1) is 0 Å². The van der Waals surface area contributed by atoms with Crippen LogP contribution >= 0.6 is 0 Å². The fraction of sp³-hybridized carbons (Fsp3) is 0.500. The van der Waals surface area contributed by atoms with E-state index in [2.05, 4.69) is 13.8 Å². The van der Waals surface area contributed by atoms with Crippen molar-refractivity contribution in [3.63, 3.8) is 0 Å². The summed E-state index contributed by atoms with van der Waals surface area (Å²) in [4.78, 5) is 14.3. The number of hydrogen-bond donors (Lipinski definition) is 1. The van der Waals surface area contributed by atoms with Crippen LogP contribution in [0.15, 0.2) is 18.2 Å². The molecule has 2 rings (SSSR count). The topological polar surface area (TPSA) is 46.3 Å². The molecule has 1 aromatic rings. The number of nitrogens with two attached hydrogens (primary N) is 1. The van der Waals surface area contributed by atoms with Crippen molar-refractivity contribution < 1.29 is 4.79 Å². The lowest BCUT2D eigenvalue weighted by Gasteiger charge is -2.21. The second kappa shape index (κ2) is 4.40. The summed E-state index contributed by atoms with van der Waals surface area (Å²) in [6, 6.07) is 5.89. The van der Waals surface area contributed by atoms with E-state index >= 15 is 0 Å². The van der Waals surface area contributed by atoms with E-state index in [9.17, 15) is 4.79 Å². The molecule has 0 bridgehead atoms. The maximum atomic E-state index is 12.3. The van der Waals surface area contributed by atoms with Crippen molar-refractivity contribution in [2.75, 3.05) is 12.3 Å². The molecule has 0 radical (unpaired) electrons. The van der Waals surface area contributed by atoms with Crippen molar-refractivity contribution in [2.45, 2.75) is 33.2 Å². The number of carbonyl (C=O) groups is 1. The van der Waals surface area contributed by atoms with Gasteiger partial charge in [0.25, 0.3) is 5.91 Å². The van der Waals surface area contributed by atoms with Gasteiger partial charge in [-0.1, -0.05) is 13.0 Å². The fourth-order valence-electron chi connectivity index (χ4n) is 2.52. The molecule has 1 fully saturated rings. The standard InChI is InChI=1S/C14H20N2O/c1-9-6-11(3)16(8-9)14(17)12-5-4-10(2)13(15)7-12/h4-5,7,9,11H,6,8,15H2,1-3H3. The summed E-state index contributed by atoms with van der Waals surface area (Å²) < 4.78 is 0. The Hall–Kier alpha value is -1.51. The first kappa shape index (κ1) is 12.0. The second-order valence-electron chi connectivity index (χ2n) is 5.22. The van der Waals surface area contributed by atoms with E-state index in [1.807, 2.05) is 24.0 Å². The third-order valence-electron chi connectivity index (χ3n) is 3.57. The zero-order valence-electron chi connectivity index (χ0n) is 10.7. The average Bonchev–Trinajstić information content (AvgIpc) is 2.61. The van der Waals surface area contributed by atoms with Crippen molar-refractivity contribution in [2.24, 2.45) is 5.92 Å². The smallest absolute Gasteiger partial charge is 0.254 e. The third-order valence-corrected chi connectivity index (χ3v) is 3.57. The Kier molecular flexibility index (Phi) is 3.09. The molecule has 3 heteroatoms. The maximum Gasteiger partial charge on any atom is 0.254 e. The number of rotatable bonds is 1. The zero-order valence-corrected chi connectivity index (χ0v) is 10.7. The average molecular weight is 232 g/mol. The van der Waals surface area contributed by atoms with Crippen LogP contribution < -0.4 is 5.73 Å². The largest absolute Gasteiger partial charge is 0.398 e. The summed E-state index contributed by atoms with van der Waals surface area (Å²) in [6.45, 7) is 7.10. The first-order chi connectivity index (χ1) is 7.99. The van der Waals surface area contributed by atoms with Crippen molar-refractivity contribution in [3.8, 4) is 0 Å². The number of nitrogens with zero attached hydrogens (tertiary/aromatic N) is 1. The quantitative estimate of drug-likeness (QED) is 0.756. The normalized spacial score (nSPS) is 24.1. The fourth-order valence-corrected chi connectivity index (χ4v) is 2.52. The molecule has 1 aliphatic rings. The number of benzene rings is 1. The molecule has 1 heterocycles. The van der Waals surface area contributed by atoms with E-state index in [0.29, 0.717) is 23.2 Å². The van der Waals surface area contributed by atoms with E-state index in [4.69, 9.17) is 5.73 Å². The Balaban J connectivity index is 2.22. The molecule has 2 unspecified atom stereocenters. The van der Waals surface area contributed by atoms with Crippen LogP contribution in [0, 0.1) is 12.8 Å². The SMILES string of the molecule is Cc1ccc(C(=O)N2CC(C)CC2C)cc1N. The molecule has 92 valence electrons. The number of anilines is 1. The minimum absolute atomic E-state index is 0.105. The van der Waals surface area contributed by atoms with Gasteiger partial charge in [-0.05, 0) is 43.9 Å². The van der Waals surface area contributed by atoms with Crippen LogP contribution in [0.3, 0.4) is 0 Å². The molecule has 1 amide bonds. The number of hydrogen-bond acceptors (Lipinski definition) is 2. The minimum atomic E-state index is 0.105. The Labute approximate surface area is 103 Å². The lowest BCUT2D eigenvalue weighted by atomic mass is 10.1. The van der Waals surface area contributed by atoms with Gasteiger partial charge < -0.3 is 10.6 Å². The predicted octanol–water partition coefficient (Wildman–Crippen LogP) is 2.45. The van der Waals surface area contributed by atoms with Gasteiger partial charge in [-0.3, -0.25) is 4.79 Å². The van der Waals surface area contributed by atoms with E-state index in [1.165, 1.54) is 0 Å². The molecule has 3 nitrogen and oxygen atoms in total. The van der Waals surface area contributed by atoms with Gasteiger partial charge in [-0.2, -0.15) is 0 Å². The Morgan fingerprint density at radius 2 is 2.12 bits per heavy atom. The Morgan fingerprint density at radius 3 is 2.65 bits per heavy atom. The molecule has 1 saturated heterocycles. The molecule has 1 aliphatic heterocycles. The summed E-state index contributed by atoms with van der Waals surface area (Å²) in [5, 5.41) is 0. The number of carbonyl (C=O) groups excluding carboxylic acids is 1. The molecule has 17 heavy (non-hydrogen) atoms. The van der Waals surface area contributed by atoms with Crippen LogP contribution in [0.4, 0.5) is 5.69 Å². The summed E-state index contributed by atoms with van der Waals surface area (Å²) in [5.41, 5.74) is 8.26. The van der Waals surface area contributed by atoms with Crippen molar-refractivity contribution in [1.29, 1.82) is 0 Å². The molecule has 1 aromatic carbocycles. The van der Waals surface area contributed by atoms with Crippen LogP contribution in [-0.4, -0.2) is 23.4 Å². The highest BCUT2D eigenvalue weighted by Crippen LogP contribution is 2.25. The van der Waals surface area contributed by atoms with Crippen LogP contribution in [0.25, 0.3) is 0 Å². The molecule has 0 saturated carbocycles. The van der Waals surface area contributed by atoms with E-state index in [-0.39, 0.29) is 5.91 Å². The van der Waals surface area contributed by atoms with E-state index < -0.39 is 0 Å². The summed E-state index contributed by atoms with van der Waals surface area (Å²) in [5.74, 6) is 0.699. The molecule has 0 aromatic heterocycles. The van der Waals surface area contributed by atoms with Crippen LogP contribution in [0.5, 0.6) is 0 Å². The molecular weight excluding hydrogens is 212 g/mol. The maximum absolute atomic E-state index is 12.3. The molecule has 2 N–H and O–H groups in total. The number of likely N-dealkylation sites (tertiary alicyclic amines) is 1. The summed E-state index contributed by atoms with van der Waals surface area (Å²) in [6.07, 6.45) is 1.09. The van der Waals surface area contributed by atoms with Gasteiger partial charge in [0.2, 0.25) is 0 Å². The van der Waals surface area contributed by atoms with Gasteiger partial charge in [0.05, 0.1) is 0 Å². The van der Waals surface area contributed by atoms with Crippen LogP contribution in [0.2, 0.25) is 0 Å². The number of aryl methyl sites for hydroxylation is 1. The second-order valence-corrected chi connectivity index (χ2v) is 5.22. The predicted molar refractivity (Wildman–Crippen MR) is 69.9 cm³/mol. The van der Waals surface area contributed by atoms with Crippen molar-refractivity contribution in [3.05, 3.63) is 29.3 Å².